The summed E-state index contributed by atoms with van der Waals surface area (Å²) in [7, 11) is 1.64. The number of nitrogens with one attached hydrogen (secondary N) is 2. The zero-order valence-corrected chi connectivity index (χ0v) is 21.2. The maximum atomic E-state index is 13.1. The predicted molar refractivity (Wildman–Crippen MR) is 130 cm³/mol. The van der Waals surface area contributed by atoms with Gasteiger partial charge in [-0.15, -0.1) is 0 Å². The fraction of sp³-hybridized carbons (Fsp3) is 0.542. The van der Waals surface area contributed by atoms with Crippen molar-refractivity contribution in [3.05, 3.63) is 46.1 Å². The Bertz CT molecular complexity index is 966. The van der Waals surface area contributed by atoms with Crippen molar-refractivity contribution < 1.29 is 19.1 Å². The molecule has 0 radical (unpaired) electrons. The van der Waals surface area contributed by atoms with Crippen molar-refractivity contribution in [1.82, 2.24) is 25.3 Å². The van der Waals surface area contributed by atoms with Crippen molar-refractivity contribution in [2.45, 2.75) is 39.3 Å². The Kier molecular flexibility index (Phi) is 8.09. The lowest BCUT2D eigenvalue weighted by Gasteiger charge is -2.40. The summed E-state index contributed by atoms with van der Waals surface area (Å²) in [5.41, 5.74) is 1.37. The van der Waals surface area contributed by atoms with E-state index in [1.165, 1.54) is 4.90 Å². The van der Waals surface area contributed by atoms with Crippen LogP contribution in [0.1, 0.15) is 39.3 Å². The van der Waals surface area contributed by atoms with E-state index in [-0.39, 0.29) is 24.2 Å². The number of benzene rings is 1. The number of likely N-dealkylation sites (N-methyl/N-ethyl adjacent to an activating group) is 1. The normalized spacial score (nSPS) is 19.7. The molecule has 0 aromatic heterocycles. The summed E-state index contributed by atoms with van der Waals surface area (Å²) in [6, 6.07) is 6.02. The molecule has 186 valence electrons. The van der Waals surface area contributed by atoms with Crippen LogP contribution >= 0.6 is 11.6 Å². The van der Waals surface area contributed by atoms with Crippen molar-refractivity contribution in [2.24, 2.45) is 0 Å². The Hall–Kier alpha value is -2.78. The van der Waals surface area contributed by atoms with Gasteiger partial charge in [0.05, 0.1) is 18.2 Å². The maximum absolute atomic E-state index is 13.1. The van der Waals surface area contributed by atoms with Crippen molar-refractivity contribution in [3.63, 3.8) is 0 Å². The number of rotatable bonds is 5. The van der Waals surface area contributed by atoms with E-state index in [9.17, 15) is 14.4 Å². The van der Waals surface area contributed by atoms with Crippen molar-refractivity contribution >= 4 is 29.6 Å². The third-order valence-electron chi connectivity index (χ3n) is 5.77. The molecule has 1 aromatic rings. The highest BCUT2D eigenvalue weighted by Gasteiger charge is 2.38. The van der Waals surface area contributed by atoms with Gasteiger partial charge >= 0.3 is 18.0 Å². The fourth-order valence-corrected chi connectivity index (χ4v) is 4.25. The molecule has 0 spiro atoms. The monoisotopic (exact) mass is 491 g/mol. The first kappa shape index (κ1) is 25.8. The second-order valence-electron chi connectivity index (χ2n) is 9.52. The van der Waals surface area contributed by atoms with E-state index in [2.05, 4.69) is 15.5 Å². The van der Waals surface area contributed by atoms with Crippen LogP contribution in [0.5, 0.6) is 0 Å². The highest BCUT2D eigenvalue weighted by molar-refractivity contribution is 6.30. The first-order valence-corrected chi connectivity index (χ1v) is 11.9. The molecule has 1 unspecified atom stereocenters. The van der Waals surface area contributed by atoms with Gasteiger partial charge in [0, 0.05) is 56.0 Å². The summed E-state index contributed by atoms with van der Waals surface area (Å²) in [6.07, 6.45) is 0. The smallest absolute Gasteiger partial charge is 0.338 e. The SMILES string of the molecule is CCOC(=O)C1=C(CN2CCN(C(=O)NC(C)(C)C)CC2)N(C)C(=O)NC1c1cccc(Cl)c1. The number of halogens is 1. The molecule has 2 N–H and O–H groups in total. The number of carbonyl (C=O) groups is 3. The number of carbonyl (C=O) groups excluding carboxylic acids is 3. The third-order valence-corrected chi connectivity index (χ3v) is 6.00. The molecule has 2 aliphatic rings. The van der Waals surface area contributed by atoms with Gasteiger partial charge < -0.3 is 20.3 Å². The van der Waals surface area contributed by atoms with Crippen LogP contribution < -0.4 is 10.6 Å². The molecule has 1 atom stereocenters. The minimum absolute atomic E-state index is 0.0891. The van der Waals surface area contributed by atoms with E-state index in [1.54, 1.807) is 37.1 Å². The molecule has 34 heavy (non-hydrogen) atoms. The first-order chi connectivity index (χ1) is 16.0. The van der Waals surface area contributed by atoms with Crippen molar-refractivity contribution in [2.75, 3.05) is 46.4 Å². The van der Waals surface area contributed by atoms with Gasteiger partial charge in [-0.1, -0.05) is 23.7 Å². The number of piperazine rings is 1. The molecule has 2 heterocycles. The molecule has 1 aromatic carbocycles. The Balaban J connectivity index is 1.85. The molecule has 1 saturated heterocycles. The summed E-state index contributed by atoms with van der Waals surface area (Å²) in [5, 5.41) is 6.40. The molecule has 3 rings (SSSR count). The number of hydrogen-bond acceptors (Lipinski definition) is 5. The van der Waals surface area contributed by atoms with Gasteiger partial charge in [0.2, 0.25) is 0 Å². The Morgan fingerprint density at radius 2 is 1.88 bits per heavy atom. The van der Waals surface area contributed by atoms with E-state index in [0.29, 0.717) is 54.6 Å². The molecular weight excluding hydrogens is 458 g/mol. The Morgan fingerprint density at radius 3 is 2.47 bits per heavy atom. The lowest BCUT2D eigenvalue weighted by Crippen LogP contribution is -2.56. The summed E-state index contributed by atoms with van der Waals surface area (Å²) in [6.45, 7) is 10.5. The molecule has 2 aliphatic heterocycles. The van der Waals surface area contributed by atoms with Crippen LogP contribution in [-0.2, 0) is 9.53 Å². The highest BCUT2D eigenvalue weighted by atomic mass is 35.5. The van der Waals surface area contributed by atoms with E-state index in [1.807, 2.05) is 26.8 Å². The van der Waals surface area contributed by atoms with Crippen LogP contribution in [0.25, 0.3) is 0 Å². The van der Waals surface area contributed by atoms with Crippen LogP contribution in [0, 0.1) is 0 Å². The van der Waals surface area contributed by atoms with Gasteiger partial charge in [0.1, 0.15) is 0 Å². The van der Waals surface area contributed by atoms with Crippen molar-refractivity contribution in [3.8, 4) is 0 Å². The predicted octanol–water partition coefficient (Wildman–Crippen LogP) is 2.98. The second kappa shape index (κ2) is 10.7. The number of ether oxygens (including phenoxy) is 1. The molecule has 9 nitrogen and oxygen atoms in total. The summed E-state index contributed by atoms with van der Waals surface area (Å²) < 4.78 is 5.37. The average molecular weight is 492 g/mol. The molecule has 1 fully saturated rings. The van der Waals surface area contributed by atoms with Gasteiger partial charge in [-0.05, 0) is 45.4 Å². The highest BCUT2D eigenvalue weighted by Crippen LogP contribution is 2.32. The van der Waals surface area contributed by atoms with Crippen LogP contribution in [0.15, 0.2) is 35.5 Å². The number of nitrogens with zero attached hydrogens (tertiary/aromatic N) is 3. The quantitative estimate of drug-likeness (QED) is 0.617. The van der Waals surface area contributed by atoms with Crippen LogP contribution in [0.4, 0.5) is 9.59 Å². The number of amides is 4. The van der Waals surface area contributed by atoms with E-state index in [4.69, 9.17) is 16.3 Å². The third kappa shape index (κ3) is 6.21. The average Bonchev–Trinajstić information content (AvgIpc) is 2.76. The largest absolute Gasteiger partial charge is 0.463 e. The first-order valence-electron chi connectivity index (χ1n) is 11.5. The van der Waals surface area contributed by atoms with Crippen LogP contribution in [-0.4, -0.2) is 84.6 Å². The number of esters is 1. The number of urea groups is 2. The Labute approximate surface area is 206 Å². The van der Waals surface area contributed by atoms with E-state index < -0.39 is 12.0 Å². The molecule has 4 amide bonds. The molecule has 0 bridgehead atoms. The topological polar surface area (TPSA) is 94.2 Å². The Morgan fingerprint density at radius 1 is 1.21 bits per heavy atom. The summed E-state index contributed by atoms with van der Waals surface area (Å²) >= 11 is 6.19. The number of hydrogen-bond donors (Lipinski definition) is 2. The standard InChI is InChI=1S/C24H34ClN5O4/c1-6-34-21(31)19-18(15-29-10-12-30(13-11-29)23(33)27-24(2,3)4)28(5)22(32)26-20(19)16-8-7-9-17(25)14-16/h7-9,14,20H,6,10-13,15H2,1-5H3,(H,26,32)(H,27,33). The van der Waals surface area contributed by atoms with E-state index in [0.717, 1.165) is 0 Å². The van der Waals surface area contributed by atoms with Gasteiger partial charge in [-0.2, -0.15) is 0 Å². The zero-order chi connectivity index (χ0) is 25.0. The van der Waals surface area contributed by atoms with Gasteiger partial charge in [0.25, 0.3) is 0 Å². The molecular formula is C24H34ClN5O4. The minimum atomic E-state index is -0.671. The maximum Gasteiger partial charge on any atom is 0.338 e. The van der Waals surface area contributed by atoms with Crippen LogP contribution in [0.2, 0.25) is 5.02 Å². The molecule has 0 saturated carbocycles. The van der Waals surface area contributed by atoms with Crippen LogP contribution in [0.3, 0.4) is 0 Å². The lowest BCUT2D eigenvalue weighted by atomic mass is 9.94. The second-order valence-corrected chi connectivity index (χ2v) is 9.96. The van der Waals surface area contributed by atoms with E-state index >= 15 is 0 Å². The zero-order valence-electron chi connectivity index (χ0n) is 20.5. The van der Waals surface area contributed by atoms with Gasteiger partial charge in [-0.3, -0.25) is 9.80 Å². The minimum Gasteiger partial charge on any atom is -0.463 e. The van der Waals surface area contributed by atoms with Gasteiger partial charge in [-0.25, -0.2) is 14.4 Å². The lowest BCUT2D eigenvalue weighted by molar-refractivity contribution is -0.139. The fourth-order valence-electron chi connectivity index (χ4n) is 4.05. The van der Waals surface area contributed by atoms with Gasteiger partial charge in [0.15, 0.2) is 0 Å². The molecule has 0 aliphatic carbocycles. The summed E-state index contributed by atoms with van der Waals surface area (Å²) in [5.74, 6) is -0.475. The van der Waals surface area contributed by atoms with Crippen molar-refractivity contribution in [1.29, 1.82) is 0 Å². The summed E-state index contributed by atoms with van der Waals surface area (Å²) in [4.78, 5) is 43.8. The molecule has 10 heteroatoms.